The summed E-state index contributed by atoms with van der Waals surface area (Å²) < 4.78 is 5.45. The summed E-state index contributed by atoms with van der Waals surface area (Å²) in [6.07, 6.45) is 1.66. The fourth-order valence-corrected chi connectivity index (χ4v) is 3.06. The third kappa shape index (κ3) is 4.37. The first kappa shape index (κ1) is 17.1. The van der Waals surface area contributed by atoms with Gasteiger partial charge in [0, 0.05) is 24.2 Å². The van der Waals surface area contributed by atoms with Gasteiger partial charge >= 0.3 is 6.09 Å². The highest BCUT2D eigenvalue weighted by atomic mass is 35.5. The van der Waals surface area contributed by atoms with Gasteiger partial charge in [-0.05, 0) is 51.2 Å². The van der Waals surface area contributed by atoms with Crippen molar-refractivity contribution in [3.63, 3.8) is 0 Å². The fourth-order valence-electron chi connectivity index (χ4n) is 2.79. The molecule has 1 saturated heterocycles. The molecule has 122 valence electrons. The largest absolute Gasteiger partial charge is 0.444 e. The molecule has 0 radical (unpaired) electrons. The summed E-state index contributed by atoms with van der Waals surface area (Å²) in [6.45, 7) is 6.97. The maximum atomic E-state index is 12.2. The van der Waals surface area contributed by atoms with E-state index < -0.39 is 5.60 Å². The number of ether oxygens (including phenoxy) is 1. The third-order valence-corrected chi connectivity index (χ3v) is 4.23. The molecule has 0 aliphatic carbocycles. The molecule has 1 aliphatic heterocycles. The van der Waals surface area contributed by atoms with Crippen LogP contribution in [0.25, 0.3) is 0 Å². The number of carbonyl (C=O) groups excluding carboxylic acids is 1. The van der Waals surface area contributed by atoms with Crippen LogP contribution < -0.4 is 5.73 Å². The van der Waals surface area contributed by atoms with Gasteiger partial charge in [-0.2, -0.15) is 0 Å². The molecule has 2 unspecified atom stereocenters. The predicted molar refractivity (Wildman–Crippen MR) is 88.9 cm³/mol. The van der Waals surface area contributed by atoms with E-state index in [0.29, 0.717) is 11.6 Å². The normalized spacial score (nSPS) is 20.6. The van der Waals surface area contributed by atoms with Gasteiger partial charge in [0.15, 0.2) is 0 Å². The van der Waals surface area contributed by atoms with Crippen molar-refractivity contribution in [2.24, 2.45) is 11.7 Å². The standard InChI is InChI=1S/C17H25ClN2O2/c1-17(2,3)22-16(21)20-10-6-7-12(11-20)15(19)13-8-4-5-9-14(13)18/h4-5,8-9,12,15H,6-7,10-11,19H2,1-3H3. The van der Waals surface area contributed by atoms with Gasteiger partial charge in [-0.1, -0.05) is 29.8 Å². The molecule has 1 aliphatic rings. The number of likely N-dealkylation sites (tertiary alicyclic amines) is 1. The highest BCUT2D eigenvalue weighted by Gasteiger charge is 2.31. The lowest BCUT2D eigenvalue weighted by Crippen LogP contribution is -2.45. The van der Waals surface area contributed by atoms with Gasteiger partial charge in [-0.25, -0.2) is 4.79 Å². The first-order chi connectivity index (χ1) is 10.3. The van der Waals surface area contributed by atoms with E-state index in [-0.39, 0.29) is 18.1 Å². The smallest absolute Gasteiger partial charge is 0.410 e. The highest BCUT2D eigenvalue weighted by Crippen LogP contribution is 2.32. The first-order valence-corrected chi connectivity index (χ1v) is 8.13. The van der Waals surface area contributed by atoms with Crippen molar-refractivity contribution in [1.82, 2.24) is 4.90 Å². The van der Waals surface area contributed by atoms with Gasteiger partial charge in [0.25, 0.3) is 0 Å². The minimum Gasteiger partial charge on any atom is -0.444 e. The van der Waals surface area contributed by atoms with Crippen molar-refractivity contribution >= 4 is 17.7 Å². The van der Waals surface area contributed by atoms with Crippen molar-refractivity contribution in [2.75, 3.05) is 13.1 Å². The zero-order valence-corrected chi connectivity index (χ0v) is 14.3. The van der Waals surface area contributed by atoms with Crippen LogP contribution in [0, 0.1) is 5.92 Å². The Morgan fingerprint density at radius 2 is 2.09 bits per heavy atom. The zero-order valence-electron chi connectivity index (χ0n) is 13.5. The number of hydrogen-bond acceptors (Lipinski definition) is 3. The van der Waals surface area contributed by atoms with Crippen LogP contribution in [-0.4, -0.2) is 29.7 Å². The second-order valence-electron chi connectivity index (χ2n) is 6.88. The Balaban J connectivity index is 2.04. The van der Waals surface area contributed by atoms with Crippen molar-refractivity contribution in [3.8, 4) is 0 Å². The van der Waals surface area contributed by atoms with Gasteiger partial charge in [0.05, 0.1) is 0 Å². The summed E-state index contributed by atoms with van der Waals surface area (Å²) in [5.74, 6) is 0.196. The summed E-state index contributed by atoms with van der Waals surface area (Å²) in [6, 6.07) is 7.48. The lowest BCUT2D eigenvalue weighted by molar-refractivity contribution is 0.0152. The number of piperidine rings is 1. The summed E-state index contributed by atoms with van der Waals surface area (Å²) in [4.78, 5) is 14.0. The molecule has 2 atom stereocenters. The predicted octanol–water partition coefficient (Wildman–Crippen LogP) is 3.99. The molecule has 22 heavy (non-hydrogen) atoms. The minimum absolute atomic E-state index is 0.168. The lowest BCUT2D eigenvalue weighted by Gasteiger charge is -2.36. The summed E-state index contributed by atoms with van der Waals surface area (Å²) >= 11 is 6.24. The van der Waals surface area contributed by atoms with Crippen LogP contribution in [0.2, 0.25) is 5.02 Å². The van der Waals surface area contributed by atoms with Gasteiger partial charge in [0.1, 0.15) is 5.60 Å². The molecule has 0 spiro atoms. The third-order valence-electron chi connectivity index (χ3n) is 3.88. The van der Waals surface area contributed by atoms with E-state index in [9.17, 15) is 4.79 Å². The number of carbonyl (C=O) groups is 1. The van der Waals surface area contributed by atoms with Gasteiger partial charge in [-0.15, -0.1) is 0 Å². The maximum Gasteiger partial charge on any atom is 0.410 e. The Morgan fingerprint density at radius 1 is 1.41 bits per heavy atom. The number of benzene rings is 1. The number of halogens is 1. The maximum absolute atomic E-state index is 12.2. The Kier molecular flexibility index (Phi) is 5.35. The van der Waals surface area contributed by atoms with E-state index in [1.165, 1.54) is 0 Å². The Bertz CT molecular complexity index is 528. The molecule has 5 heteroatoms. The minimum atomic E-state index is -0.477. The number of hydrogen-bond donors (Lipinski definition) is 1. The second-order valence-corrected chi connectivity index (χ2v) is 7.28. The second kappa shape index (κ2) is 6.88. The van der Waals surface area contributed by atoms with E-state index in [1.807, 2.05) is 45.0 Å². The fraction of sp³-hybridized carbons (Fsp3) is 0.588. The zero-order chi connectivity index (χ0) is 16.3. The first-order valence-electron chi connectivity index (χ1n) is 7.76. The molecule has 0 bridgehead atoms. The summed E-state index contributed by atoms with van der Waals surface area (Å²) in [7, 11) is 0. The summed E-state index contributed by atoms with van der Waals surface area (Å²) in [5.41, 5.74) is 6.86. The number of rotatable bonds is 2. The van der Waals surface area contributed by atoms with Crippen molar-refractivity contribution in [2.45, 2.75) is 45.3 Å². The highest BCUT2D eigenvalue weighted by molar-refractivity contribution is 6.31. The van der Waals surface area contributed by atoms with Crippen LogP contribution in [-0.2, 0) is 4.74 Å². The van der Waals surface area contributed by atoms with Crippen LogP contribution in [0.5, 0.6) is 0 Å². The molecule has 1 heterocycles. The topological polar surface area (TPSA) is 55.6 Å². The van der Waals surface area contributed by atoms with Gasteiger partial charge in [0.2, 0.25) is 0 Å². The van der Waals surface area contributed by atoms with Crippen LogP contribution >= 0.6 is 11.6 Å². The van der Waals surface area contributed by atoms with E-state index in [1.54, 1.807) is 4.90 Å². The van der Waals surface area contributed by atoms with E-state index in [4.69, 9.17) is 22.1 Å². The van der Waals surface area contributed by atoms with Gasteiger partial charge < -0.3 is 15.4 Å². The monoisotopic (exact) mass is 324 g/mol. The molecule has 0 aromatic heterocycles. The SMILES string of the molecule is CC(C)(C)OC(=O)N1CCCC(C(N)c2ccccc2Cl)C1. The van der Waals surface area contributed by atoms with E-state index in [0.717, 1.165) is 24.9 Å². The summed E-state index contributed by atoms with van der Waals surface area (Å²) in [5, 5.41) is 0.685. The molecule has 2 N–H and O–H groups in total. The van der Waals surface area contributed by atoms with Crippen molar-refractivity contribution < 1.29 is 9.53 Å². The number of nitrogens with zero attached hydrogens (tertiary/aromatic N) is 1. The molecular weight excluding hydrogens is 300 g/mol. The number of amides is 1. The van der Waals surface area contributed by atoms with Crippen molar-refractivity contribution in [1.29, 1.82) is 0 Å². The quantitative estimate of drug-likeness (QED) is 0.895. The van der Waals surface area contributed by atoms with Crippen LogP contribution in [0.15, 0.2) is 24.3 Å². The van der Waals surface area contributed by atoms with Crippen LogP contribution in [0.4, 0.5) is 4.79 Å². The average Bonchev–Trinajstić information content (AvgIpc) is 2.45. The van der Waals surface area contributed by atoms with Crippen LogP contribution in [0.1, 0.15) is 45.2 Å². The van der Waals surface area contributed by atoms with Crippen LogP contribution in [0.3, 0.4) is 0 Å². The van der Waals surface area contributed by atoms with E-state index in [2.05, 4.69) is 0 Å². The molecule has 1 aromatic carbocycles. The average molecular weight is 325 g/mol. The Labute approximate surface area is 137 Å². The molecule has 4 nitrogen and oxygen atoms in total. The molecular formula is C17H25ClN2O2. The Morgan fingerprint density at radius 3 is 2.73 bits per heavy atom. The van der Waals surface area contributed by atoms with Gasteiger partial charge in [-0.3, -0.25) is 0 Å². The lowest BCUT2D eigenvalue weighted by atomic mass is 9.87. The number of nitrogens with two attached hydrogens (primary N) is 1. The van der Waals surface area contributed by atoms with Crippen molar-refractivity contribution in [3.05, 3.63) is 34.9 Å². The Hall–Kier alpha value is -1.26. The molecule has 2 rings (SSSR count). The molecule has 1 amide bonds. The van der Waals surface area contributed by atoms with E-state index >= 15 is 0 Å². The molecule has 1 aromatic rings. The molecule has 0 saturated carbocycles. The molecule has 1 fully saturated rings.